The summed E-state index contributed by atoms with van der Waals surface area (Å²) in [6, 6.07) is 67.5. The second-order valence-electron chi connectivity index (χ2n) is 15.0. The number of benzene rings is 8. The highest BCUT2D eigenvalue weighted by atomic mass is 15.2. The van der Waals surface area contributed by atoms with Crippen molar-refractivity contribution in [2.75, 3.05) is 4.90 Å². The molecular formula is C51H35N3. The summed E-state index contributed by atoms with van der Waals surface area (Å²) in [5.41, 5.74) is 17.9. The van der Waals surface area contributed by atoms with Crippen molar-refractivity contribution >= 4 is 55.0 Å². The van der Waals surface area contributed by atoms with E-state index in [9.17, 15) is 0 Å². The van der Waals surface area contributed by atoms with Crippen molar-refractivity contribution in [3.8, 4) is 33.6 Å². The smallest absolute Gasteiger partial charge is 0.0545 e. The molecule has 12 rings (SSSR count). The molecule has 2 aliphatic heterocycles. The van der Waals surface area contributed by atoms with Gasteiger partial charge in [-0.25, -0.2) is 0 Å². The van der Waals surface area contributed by atoms with Crippen LogP contribution in [0.3, 0.4) is 0 Å². The Kier molecular flexibility index (Phi) is 6.23. The van der Waals surface area contributed by atoms with Gasteiger partial charge < -0.3 is 14.0 Å². The quantitative estimate of drug-likeness (QED) is 0.179. The molecular weight excluding hydrogens is 655 g/mol. The van der Waals surface area contributed by atoms with E-state index in [1.165, 1.54) is 99.7 Å². The molecule has 2 aliphatic rings. The molecule has 0 unspecified atom stereocenters. The Bertz CT molecular complexity index is 2900. The van der Waals surface area contributed by atoms with Crippen LogP contribution in [0.1, 0.15) is 11.1 Å². The maximum Gasteiger partial charge on any atom is 0.0545 e. The number of para-hydroxylation sites is 2. The third kappa shape index (κ3) is 4.30. The molecule has 3 nitrogen and oxygen atoms in total. The highest BCUT2D eigenvalue weighted by Gasteiger charge is 2.38. The molecule has 8 aromatic carbocycles. The van der Waals surface area contributed by atoms with Crippen LogP contribution >= 0.6 is 0 Å². The Balaban J connectivity index is 1.02. The minimum Gasteiger partial charge on any atom is -0.337 e. The Morgan fingerprint density at radius 2 is 0.759 bits per heavy atom. The topological polar surface area (TPSA) is 13.1 Å². The molecule has 0 bridgehead atoms. The summed E-state index contributed by atoms with van der Waals surface area (Å²) in [4.78, 5) is 2.66. The fourth-order valence-corrected chi connectivity index (χ4v) is 9.62. The molecule has 0 aliphatic carbocycles. The standard InChI is InChI=1S/C51H35N3/c1-3-13-33(14-4-1)35-17-11-19-39(25-35)52-46-23-9-7-21-42(46)44-31-48-37(29-50(44)52)27-41-28-38-30-51-45(32-49(38)54(41)48)43-22-8-10-24-47(43)53(51)40-20-12-18-36(26-40)34-15-5-2-6-16-34/h1-26,29-32,41H,27-28H2. The number of anilines is 2. The van der Waals surface area contributed by atoms with E-state index in [4.69, 9.17) is 0 Å². The average Bonchev–Trinajstić information content (AvgIpc) is 3.96. The van der Waals surface area contributed by atoms with Crippen molar-refractivity contribution in [1.82, 2.24) is 9.13 Å². The lowest BCUT2D eigenvalue weighted by atomic mass is 10.0. The molecule has 254 valence electrons. The van der Waals surface area contributed by atoms with Gasteiger partial charge in [0.1, 0.15) is 0 Å². The highest BCUT2D eigenvalue weighted by Crippen LogP contribution is 2.50. The van der Waals surface area contributed by atoms with E-state index >= 15 is 0 Å². The van der Waals surface area contributed by atoms with Crippen LogP contribution in [0.5, 0.6) is 0 Å². The van der Waals surface area contributed by atoms with E-state index in [0.29, 0.717) is 6.04 Å². The number of hydrogen-bond donors (Lipinski definition) is 0. The predicted molar refractivity (Wildman–Crippen MR) is 226 cm³/mol. The number of nitrogens with zero attached hydrogens (tertiary/aromatic N) is 3. The second kappa shape index (κ2) is 11.3. The molecule has 0 fully saturated rings. The van der Waals surface area contributed by atoms with Gasteiger partial charge in [-0.2, -0.15) is 0 Å². The van der Waals surface area contributed by atoms with E-state index < -0.39 is 0 Å². The SMILES string of the molecule is c1ccc(-c2cccc(-n3c4ccccc4c4cc5c(cc43)CC3Cc4cc6c(cc4N53)c3ccccc3n6-c3cccc(-c4ccccc4)c3)c2)cc1. The van der Waals surface area contributed by atoms with E-state index in [1.807, 2.05) is 0 Å². The van der Waals surface area contributed by atoms with Crippen LogP contribution in [0.2, 0.25) is 0 Å². The maximum absolute atomic E-state index is 2.66. The molecule has 4 heterocycles. The van der Waals surface area contributed by atoms with Gasteiger partial charge in [-0.05, 0) is 107 Å². The molecule has 2 aromatic heterocycles. The average molecular weight is 690 g/mol. The summed E-state index contributed by atoms with van der Waals surface area (Å²) in [5.74, 6) is 0. The van der Waals surface area contributed by atoms with Crippen LogP contribution in [0.25, 0.3) is 77.2 Å². The van der Waals surface area contributed by atoms with E-state index in [2.05, 4.69) is 196 Å². The first kappa shape index (κ1) is 29.7. The van der Waals surface area contributed by atoms with Gasteiger partial charge in [0.2, 0.25) is 0 Å². The number of fused-ring (bicyclic) bond motifs is 11. The van der Waals surface area contributed by atoms with Gasteiger partial charge in [-0.1, -0.05) is 121 Å². The lowest BCUT2D eigenvalue weighted by molar-refractivity contribution is 0.725. The Morgan fingerprint density at radius 1 is 0.333 bits per heavy atom. The molecule has 0 spiro atoms. The fraction of sp³-hybridized carbons (Fsp3) is 0.0588. The molecule has 0 amide bonds. The predicted octanol–water partition coefficient (Wildman–Crippen LogP) is 12.8. The molecule has 3 heteroatoms. The van der Waals surface area contributed by atoms with Crippen molar-refractivity contribution in [2.24, 2.45) is 0 Å². The van der Waals surface area contributed by atoms with Crippen molar-refractivity contribution in [3.63, 3.8) is 0 Å². The van der Waals surface area contributed by atoms with Gasteiger partial charge in [-0.15, -0.1) is 0 Å². The van der Waals surface area contributed by atoms with Crippen LogP contribution in [0.15, 0.2) is 182 Å². The minimum absolute atomic E-state index is 0.412. The molecule has 54 heavy (non-hydrogen) atoms. The zero-order chi connectivity index (χ0) is 35.3. The zero-order valence-corrected chi connectivity index (χ0v) is 29.7. The lowest BCUT2D eigenvalue weighted by Crippen LogP contribution is -2.22. The summed E-state index contributed by atoms with van der Waals surface area (Å²) in [6.45, 7) is 0. The molecule has 0 N–H and O–H groups in total. The summed E-state index contributed by atoms with van der Waals surface area (Å²) in [6.07, 6.45) is 2.07. The maximum atomic E-state index is 2.66. The number of rotatable bonds is 4. The van der Waals surface area contributed by atoms with Crippen molar-refractivity contribution in [3.05, 3.63) is 193 Å². The second-order valence-corrected chi connectivity index (χ2v) is 15.0. The summed E-state index contributed by atoms with van der Waals surface area (Å²) in [5, 5.41) is 5.19. The van der Waals surface area contributed by atoms with Gasteiger partial charge in [0, 0.05) is 50.3 Å². The van der Waals surface area contributed by atoms with E-state index in [1.54, 1.807) is 0 Å². The van der Waals surface area contributed by atoms with E-state index in [-0.39, 0.29) is 0 Å². The summed E-state index contributed by atoms with van der Waals surface area (Å²) in [7, 11) is 0. The highest BCUT2D eigenvalue weighted by molar-refractivity contribution is 6.13. The van der Waals surface area contributed by atoms with Crippen LogP contribution < -0.4 is 4.90 Å². The number of aromatic nitrogens is 2. The normalized spacial score (nSPS) is 13.7. The first-order valence-electron chi connectivity index (χ1n) is 19.0. The largest absolute Gasteiger partial charge is 0.337 e. The molecule has 0 radical (unpaired) electrons. The van der Waals surface area contributed by atoms with Crippen LogP contribution in [-0.2, 0) is 12.8 Å². The summed E-state index contributed by atoms with van der Waals surface area (Å²) < 4.78 is 4.94. The van der Waals surface area contributed by atoms with Gasteiger partial charge in [-0.3, -0.25) is 0 Å². The first-order valence-corrected chi connectivity index (χ1v) is 19.0. The van der Waals surface area contributed by atoms with Crippen LogP contribution in [0.4, 0.5) is 11.4 Å². The third-order valence-corrected chi connectivity index (χ3v) is 12.0. The molecule has 0 saturated carbocycles. The van der Waals surface area contributed by atoms with Crippen LogP contribution in [0, 0.1) is 0 Å². The Morgan fingerprint density at radius 3 is 1.24 bits per heavy atom. The van der Waals surface area contributed by atoms with Gasteiger partial charge in [0.05, 0.1) is 22.1 Å². The van der Waals surface area contributed by atoms with Crippen molar-refractivity contribution in [1.29, 1.82) is 0 Å². The molecule has 0 atom stereocenters. The van der Waals surface area contributed by atoms with Gasteiger partial charge in [0.25, 0.3) is 0 Å². The van der Waals surface area contributed by atoms with Crippen LogP contribution in [-0.4, -0.2) is 15.2 Å². The minimum atomic E-state index is 0.412. The third-order valence-electron chi connectivity index (χ3n) is 12.0. The first-order chi connectivity index (χ1) is 26.8. The molecule has 0 saturated heterocycles. The zero-order valence-electron chi connectivity index (χ0n) is 29.7. The van der Waals surface area contributed by atoms with Gasteiger partial charge in [0.15, 0.2) is 0 Å². The Labute approximate surface area is 313 Å². The van der Waals surface area contributed by atoms with Crippen molar-refractivity contribution in [2.45, 2.75) is 18.9 Å². The number of hydrogen-bond acceptors (Lipinski definition) is 1. The summed E-state index contributed by atoms with van der Waals surface area (Å²) >= 11 is 0. The van der Waals surface area contributed by atoms with E-state index in [0.717, 1.165) is 12.8 Å². The fourth-order valence-electron chi connectivity index (χ4n) is 9.62. The van der Waals surface area contributed by atoms with Crippen molar-refractivity contribution < 1.29 is 0 Å². The lowest BCUT2D eigenvalue weighted by Gasteiger charge is -2.21. The van der Waals surface area contributed by atoms with Gasteiger partial charge >= 0.3 is 0 Å². The Hall–Kier alpha value is -6.84. The monoisotopic (exact) mass is 689 g/mol. The molecule has 10 aromatic rings.